The molecule has 0 spiro atoms. The van der Waals surface area contributed by atoms with Crippen molar-refractivity contribution < 1.29 is 0 Å². The molecule has 1 aliphatic rings. The lowest BCUT2D eigenvalue weighted by atomic mass is 10.1. The van der Waals surface area contributed by atoms with Gasteiger partial charge in [-0.3, -0.25) is 4.99 Å². The topological polar surface area (TPSA) is 56.9 Å². The van der Waals surface area contributed by atoms with Gasteiger partial charge in [-0.2, -0.15) is 0 Å². The number of likely N-dealkylation sites (N-methyl/N-ethyl adjacent to an activating group) is 1. The van der Waals surface area contributed by atoms with Gasteiger partial charge in [0.1, 0.15) is 0 Å². The van der Waals surface area contributed by atoms with Crippen molar-refractivity contribution in [2.24, 2.45) is 16.6 Å². The molecule has 22 heavy (non-hydrogen) atoms. The lowest BCUT2D eigenvalue weighted by molar-refractivity contribution is 0.125. The van der Waals surface area contributed by atoms with E-state index in [-0.39, 0.29) is 0 Å². The average molecular weight is 303 g/mol. The van der Waals surface area contributed by atoms with Crippen LogP contribution in [0.2, 0.25) is 0 Å². The molecule has 1 unspecified atom stereocenters. The molecule has 0 aliphatic carbocycles. The molecule has 1 aliphatic heterocycles. The second-order valence-electron chi connectivity index (χ2n) is 6.06. The zero-order valence-corrected chi connectivity index (χ0v) is 13.8. The minimum atomic E-state index is 0.494. The third-order valence-corrected chi connectivity index (χ3v) is 4.10. The van der Waals surface area contributed by atoms with Crippen LogP contribution in [0.4, 0.5) is 5.69 Å². The van der Waals surface area contributed by atoms with Gasteiger partial charge in [0.25, 0.3) is 0 Å². The number of nitrogens with one attached hydrogen (secondary N) is 1. The van der Waals surface area contributed by atoms with Crippen molar-refractivity contribution in [1.29, 1.82) is 0 Å². The Morgan fingerprint density at radius 2 is 1.82 bits per heavy atom. The zero-order chi connectivity index (χ0) is 15.8. The van der Waals surface area contributed by atoms with Crippen LogP contribution in [0.3, 0.4) is 0 Å². The van der Waals surface area contributed by atoms with Gasteiger partial charge in [0.2, 0.25) is 0 Å². The quantitative estimate of drug-likeness (QED) is 0.620. The summed E-state index contributed by atoms with van der Waals surface area (Å²) in [6.45, 7) is 12.2. The summed E-state index contributed by atoms with van der Waals surface area (Å²) in [5.74, 6) is 1.01. The first-order chi connectivity index (χ1) is 10.7. The normalized spacial score (nSPS) is 19.1. The Bertz CT molecular complexity index is 451. The van der Waals surface area contributed by atoms with E-state index >= 15 is 0 Å². The first-order valence-corrected chi connectivity index (χ1v) is 8.24. The summed E-state index contributed by atoms with van der Waals surface area (Å²) in [7, 11) is 0. The number of anilines is 1. The Morgan fingerprint density at radius 3 is 2.45 bits per heavy atom. The molecule has 1 aromatic rings. The summed E-state index contributed by atoms with van der Waals surface area (Å²) in [5.41, 5.74) is 6.92. The third-order valence-electron chi connectivity index (χ3n) is 4.10. The summed E-state index contributed by atoms with van der Waals surface area (Å²) >= 11 is 0. The van der Waals surface area contributed by atoms with Crippen molar-refractivity contribution in [3.8, 4) is 0 Å². The molecule has 1 saturated heterocycles. The Morgan fingerprint density at radius 1 is 1.18 bits per heavy atom. The monoisotopic (exact) mass is 303 g/mol. The molecule has 122 valence electrons. The van der Waals surface area contributed by atoms with E-state index in [0.717, 1.165) is 25.3 Å². The lowest BCUT2D eigenvalue weighted by Crippen LogP contribution is -2.47. The summed E-state index contributed by atoms with van der Waals surface area (Å²) < 4.78 is 0. The number of benzene rings is 1. The van der Waals surface area contributed by atoms with Crippen LogP contribution in [0.1, 0.15) is 13.8 Å². The number of guanidine groups is 1. The Labute approximate surface area is 134 Å². The number of piperazine rings is 1. The largest absolute Gasteiger partial charge is 0.370 e. The third kappa shape index (κ3) is 5.66. The molecule has 0 aromatic heterocycles. The van der Waals surface area contributed by atoms with Crippen molar-refractivity contribution in [3.63, 3.8) is 0 Å². The van der Waals surface area contributed by atoms with Crippen LogP contribution in [-0.2, 0) is 0 Å². The highest BCUT2D eigenvalue weighted by Gasteiger charge is 2.17. The number of rotatable bonds is 6. The van der Waals surface area contributed by atoms with Gasteiger partial charge in [-0.05, 0) is 24.6 Å². The molecule has 1 atom stereocenters. The Kier molecular flexibility index (Phi) is 6.68. The minimum Gasteiger partial charge on any atom is -0.370 e. The van der Waals surface area contributed by atoms with Crippen LogP contribution in [0, 0.1) is 5.92 Å². The summed E-state index contributed by atoms with van der Waals surface area (Å²) in [4.78, 5) is 9.50. The van der Waals surface area contributed by atoms with E-state index in [1.807, 2.05) is 30.3 Å². The van der Waals surface area contributed by atoms with Gasteiger partial charge >= 0.3 is 0 Å². The first-order valence-electron chi connectivity index (χ1n) is 8.24. The molecule has 1 aromatic carbocycles. The fraction of sp³-hybridized carbons (Fsp3) is 0.588. The van der Waals surface area contributed by atoms with Crippen LogP contribution >= 0.6 is 0 Å². The van der Waals surface area contributed by atoms with Gasteiger partial charge in [0.05, 0.1) is 0 Å². The maximum atomic E-state index is 5.94. The fourth-order valence-corrected chi connectivity index (χ4v) is 2.75. The number of hydrogen-bond donors (Lipinski definition) is 2. The molecule has 1 heterocycles. The van der Waals surface area contributed by atoms with Gasteiger partial charge in [0.15, 0.2) is 5.96 Å². The second kappa shape index (κ2) is 8.76. The highest BCUT2D eigenvalue weighted by molar-refractivity contribution is 5.92. The minimum absolute atomic E-state index is 0.494. The van der Waals surface area contributed by atoms with Crippen molar-refractivity contribution in [2.75, 3.05) is 51.1 Å². The van der Waals surface area contributed by atoms with E-state index < -0.39 is 0 Å². The van der Waals surface area contributed by atoms with Crippen molar-refractivity contribution >= 4 is 11.6 Å². The van der Waals surface area contributed by atoms with Gasteiger partial charge in [0, 0.05) is 45.0 Å². The zero-order valence-electron chi connectivity index (χ0n) is 13.8. The molecule has 0 amide bonds. The van der Waals surface area contributed by atoms with Gasteiger partial charge in [-0.1, -0.05) is 32.0 Å². The predicted molar refractivity (Wildman–Crippen MR) is 94.3 cm³/mol. The van der Waals surface area contributed by atoms with E-state index in [1.54, 1.807) is 0 Å². The molecular weight excluding hydrogens is 274 g/mol. The van der Waals surface area contributed by atoms with Crippen LogP contribution in [-0.4, -0.2) is 61.6 Å². The van der Waals surface area contributed by atoms with Crippen molar-refractivity contribution in [2.45, 2.75) is 13.8 Å². The maximum Gasteiger partial charge on any atom is 0.193 e. The highest BCUT2D eigenvalue weighted by atomic mass is 15.3. The number of nitrogens with zero attached hydrogens (tertiary/aromatic N) is 3. The summed E-state index contributed by atoms with van der Waals surface area (Å²) in [6.07, 6.45) is 0. The standard InChI is InChI=1S/C17H29N5/c1-3-21-9-11-22(12-10-21)14-15(2)13-19-17(18)20-16-7-5-4-6-8-16/h4-8,15H,3,9-14H2,1-2H3,(H3,18,19,20). The smallest absolute Gasteiger partial charge is 0.193 e. The van der Waals surface area contributed by atoms with E-state index in [9.17, 15) is 0 Å². The van der Waals surface area contributed by atoms with Crippen molar-refractivity contribution in [3.05, 3.63) is 30.3 Å². The molecule has 5 nitrogen and oxygen atoms in total. The number of nitrogens with two attached hydrogens (primary N) is 1. The molecular formula is C17H29N5. The molecule has 5 heteroatoms. The Balaban J connectivity index is 1.70. The predicted octanol–water partition coefficient (Wildman–Crippen LogP) is 1.69. The highest BCUT2D eigenvalue weighted by Crippen LogP contribution is 2.07. The number of aliphatic imine (C=N–C) groups is 1. The number of hydrogen-bond acceptors (Lipinski definition) is 3. The lowest BCUT2D eigenvalue weighted by Gasteiger charge is -2.35. The van der Waals surface area contributed by atoms with E-state index in [1.165, 1.54) is 26.2 Å². The molecule has 1 fully saturated rings. The molecule has 0 radical (unpaired) electrons. The van der Waals surface area contributed by atoms with Gasteiger partial charge in [-0.15, -0.1) is 0 Å². The van der Waals surface area contributed by atoms with E-state index in [4.69, 9.17) is 5.73 Å². The summed E-state index contributed by atoms with van der Waals surface area (Å²) in [5, 5.41) is 3.12. The van der Waals surface area contributed by atoms with Gasteiger partial charge in [-0.25, -0.2) is 0 Å². The summed E-state index contributed by atoms with van der Waals surface area (Å²) in [6, 6.07) is 9.92. The van der Waals surface area contributed by atoms with Crippen LogP contribution in [0.25, 0.3) is 0 Å². The van der Waals surface area contributed by atoms with E-state index in [2.05, 4.69) is 34.0 Å². The molecule has 0 saturated carbocycles. The maximum absolute atomic E-state index is 5.94. The van der Waals surface area contributed by atoms with Crippen LogP contribution in [0.15, 0.2) is 35.3 Å². The van der Waals surface area contributed by atoms with Crippen molar-refractivity contribution in [1.82, 2.24) is 9.80 Å². The van der Waals surface area contributed by atoms with Crippen LogP contribution < -0.4 is 11.1 Å². The first kappa shape index (κ1) is 16.8. The van der Waals surface area contributed by atoms with Gasteiger partial charge < -0.3 is 20.9 Å². The van der Waals surface area contributed by atoms with E-state index in [0.29, 0.717) is 11.9 Å². The average Bonchev–Trinajstić information content (AvgIpc) is 2.55. The fourth-order valence-electron chi connectivity index (χ4n) is 2.75. The molecule has 3 N–H and O–H groups in total. The van der Waals surface area contributed by atoms with Crippen LogP contribution in [0.5, 0.6) is 0 Å². The number of para-hydroxylation sites is 1. The SMILES string of the molecule is CCN1CCN(CC(C)CN=C(N)Nc2ccccc2)CC1. The molecule has 0 bridgehead atoms. The second-order valence-corrected chi connectivity index (χ2v) is 6.06. The Hall–Kier alpha value is -1.59. The molecule has 2 rings (SSSR count).